The Morgan fingerprint density at radius 1 is 1.44 bits per heavy atom. The number of carbonyl (C=O) groups excluding carboxylic acids is 2. The summed E-state index contributed by atoms with van der Waals surface area (Å²) >= 11 is 0. The summed E-state index contributed by atoms with van der Waals surface area (Å²) < 4.78 is 10.8. The average Bonchev–Trinajstić information content (AvgIpc) is 2.56. The van der Waals surface area contributed by atoms with Gasteiger partial charge in [-0.3, -0.25) is 9.59 Å². The highest BCUT2D eigenvalue weighted by Crippen LogP contribution is 2.36. The Labute approximate surface area is 148 Å². The van der Waals surface area contributed by atoms with Crippen molar-refractivity contribution in [2.75, 3.05) is 11.9 Å². The fourth-order valence-electron chi connectivity index (χ4n) is 3.37. The summed E-state index contributed by atoms with van der Waals surface area (Å²) in [5, 5.41) is 12.1. The fraction of sp³-hybridized carbons (Fsp3) is 0.526. The van der Waals surface area contributed by atoms with Gasteiger partial charge < -0.3 is 14.8 Å². The van der Waals surface area contributed by atoms with Crippen molar-refractivity contribution >= 4 is 17.6 Å². The third-order valence-corrected chi connectivity index (χ3v) is 4.40. The molecule has 6 heteroatoms. The van der Waals surface area contributed by atoms with Crippen LogP contribution in [0.1, 0.15) is 52.0 Å². The zero-order chi connectivity index (χ0) is 18.4. The molecule has 1 saturated carbocycles. The summed E-state index contributed by atoms with van der Waals surface area (Å²) in [4.78, 5) is 24.0. The molecule has 1 fully saturated rings. The number of hydrogen-bond donors (Lipinski definition) is 1. The van der Waals surface area contributed by atoms with Crippen molar-refractivity contribution in [1.82, 2.24) is 0 Å². The SMILES string of the molecule is CCO[C@]1(C(=O)Nc2ccc(OC(C)=O)c(C#N)c2)CCC[C@H](C)C1. The number of nitrogens with one attached hydrogen (secondary N) is 1. The molecule has 134 valence electrons. The van der Waals surface area contributed by atoms with Crippen molar-refractivity contribution in [2.45, 2.75) is 52.1 Å². The minimum absolute atomic E-state index is 0.179. The Morgan fingerprint density at radius 3 is 2.80 bits per heavy atom. The van der Waals surface area contributed by atoms with Gasteiger partial charge in [0.1, 0.15) is 17.4 Å². The number of ether oxygens (including phenoxy) is 2. The Balaban J connectivity index is 2.21. The Kier molecular flexibility index (Phi) is 6.16. The molecule has 0 heterocycles. The van der Waals surface area contributed by atoms with Gasteiger partial charge in [0.05, 0.1) is 5.56 Å². The molecule has 0 aliphatic heterocycles. The van der Waals surface area contributed by atoms with Crippen molar-refractivity contribution < 1.29 is 19.1 Å². The van der Waals surface area contributed by atoms with Crippen LogP contribution in [0, 0.1) is 17.2 Å². The Bertz CT molecular complexity index is 691. The molecule has 25 heavy (non-hydrogen) atoms. The number of esters is 1. The standard InChI is InChI=1S/C19H24N2O4/c1-4-24-19(9-5-6-13(2)11-19)18(23)21-16-7-8-17(25-14(3)22)15(10-16)12-20/h7-8,10,13H,4-6,9,11H2,1-3H3,(H,21,23)/t13-,19+/m0/s1. The van der Waals surface area contributed by atoms with E-state index in [1.807, 2.05) is 13.0 Å². The summed E-state index contributed by atoms with van der Waals surface area (Å²) in [6.07, 6.45) is 3.41. The largest absolute Gasteiger partial charge is 0.425 e. The third kappa shape index (κ3) is 4.58. The second-order valence-electron chi connectivity index (χ2n) is 6.50. The zero-order valence-electron chi connectivity index (χ0n) is 14.9. The monoisotopic (exact) mass is 344 g/mol. The lowest BCUT2D eigenvalue weighted by molar-refractivity contribution is -0.147. The first-order chi connectivity index (χ1) is 11.9. The lowest BCUT2D eigenvalue weighted by Gasteiger charge is -2.38. The molecule has 1 amide bonds. The quantitative estimate of drug-likeness (QED) is 0.653. The minimum atomic E-state index is -0.826. The number of rotatable bonds is 5. The average molecular weight is 344 g/mol. The highest BCUT2D eigenvalue weighted by Gasteiger charge is 2.42. The molecule has 0 bridgehead atoms. The van der Waals surface area contributed by atoms with Gasteiger partial charge in [-0.1, -0.05) is 13.3 Å². The number of hydrogen-bond acceptors (Lipinski definition) is 5. The minimum Gasteiger partial charge on any atom is -0.425 e. The van der Waals surface area contributed by atoms with E-state index < -0.39 is 11.6 Å². The van der Waals surface area contributed by atoms with E-state index in [4.69, 9.17) is 9.47 Å². The fourth-order valence-corrected chi connectivity index (χ4v) is 3.37. The normalized spacial score (nSPS) is 22.7. The molecule has 1 aromatic carbocycles. The lowest BCUT2D eigenvalue weighted by Crippen LogP contribution is -2.48. The Hall–Kier alpha value is -2.39. The summed E-state index contributed by atoms with van der Waals surface area (Å²) in [6.45, 7) is 5.75. The number of carbonyl (C=O) groups is 2. The smallest absolute Gasteiger partial charge is 0.308 e. The summed E-state index contributed by atoms with van der Waals surface area (Å²) in [5.41, 5.74) is -0.154. The van der Waals surface area contributed by atoms with Crippen molar-refractivity contribution in [3.63, 3.8) is 0 Å². The molecule has 0 radical (unpaired) electrons. The van der Waals surface area contributed by atoms with Crippen LogP contribution in [-0.2, 0) is 14.3 Å². The molecular formula is C19H24N2O4. The van der Waals surface area contributed by atoms with E-state index in [1.54, 1.807) is 6.07 Å². The van der Waals surface area contributed by atoms with Crippen LogP contribution in [0.5, 0.6) is 5.75 Å². The maximum absolute atomic E-state index is 12.9. The van der Waals surface area contributed by atoms with Crippen molar-refractivity contribution in [3.8, 4) is 11.8 Å². The lowest BCUT2D eigenvalue weighted by atomic mass is 9.78. The van der Waals surface area contributed by atoms with Gasteiger partial charge in [-0.15, -0.1) is 0 Å². The van der Waals surface area contributed by atoms with E-state index in [-0.39, 0.29) is 17.2 Å². The highest BCUT2D eigenvalue weighted by molar-refractivity contribution is 5.97. The second kappa shape index (κ2) is 8.13. The first-order valence-electron chi connectivity index (χ1n) is 8.58. The molecule has 0 unspecified atom stereocenters. The topological polar surface area (TPSA) is 88.4 Å². The number of anilines is 1. The zero-order valence-corrected chi connectivity index (χ0v) is 14.9. The van der Waals surface area contributed by atoms with Gasteiger partial charge in [-0.25, -0.2) is 0 Å². The van der Waals surface area contributed by atoms with Crippen LogP contribution in [0.4, 0.5) is 5.69 Å². The van der Waals surface area contributed by atoms with Gasteiger partial charge in [0.25, 0.3) is 5.91 Å². The van der Waals surface area contributed by atoms with Crippen molar-refractivity contribution in [1.29, 1.82) is 5.26 Å². The van der Waals surface area contributed by atoms with E-state index >= 15 is 0 Å². The van der Waals surface area contributed by atoms with Gasteiger partial charge in [-0.2, -0.15) is 5.26 Å². The molecule has 1 aromatic rings. The number of nitriles is 1. The molecule has 0 spiro atoms. The number of benzene rings is 1. The first-order valence-corrected chi connectivity index (χ1v) is 8.58. The van der Waals surface area contributed by atoms with Gasteiger partial charge in [0, 0.05) is 19.2 Å². The van der Waals surface area contributed by atoms with Gasteiger partial charge in [0.2, 0.25) is 0 Å². The van der Waals surface area contributed by atoms with Crippen LogP contribution in [0.15, 0.2) is 18.2 Å². The molecule has 0 saturated heterocycles. The summed E-state index contributed by atoms with van der Waals surface area (Å²) in [7, 11) is 0. The molecule has 1 aliphatic carbocycles. The van der Waals surface area contributed by atoms with E-state index in [9.17, 15) is 14.9 Å². The van der Waals surface area contributed by atoms with Gasteiger partial charge in [0.15, 0.2) is 0 Å². The number of nitrogens with zero attached hydrogens (tertiary/aromatic N) is 1. The molecular weight excluding hydrogens is 320 g/mol. The first kappa shape index (κ1) is 18.9. The summed E-state index contributed by atoms with van der Waals surface area (Å²) in [6, 6.07) is 6.60. The predicted molar refractivity (Wildman–Crippen MR) is 93.1 cm³/mol. The predicted octanol–water partition coefficient (Wildman–Crippen LogP) is 3.41. The van der Waals surface area contributed by atoms with Crippen LogP contribution < -0.4 is 10.1 Å². The van der Waals surface area contributed by atoms with E-state index in [0.29, 0.717) is 31.1 Å². The van der Waals surface area contributed by atoms with Crippen LogP contribution in [-0.4, -0.2) is 24.1 Å². The van der Waals surface area contributed by atoms with E-state index in [0.717, 1.165) is 12.8 Å². The third-order valence-electron chi connectivity index (χ3n) is 4.40. The molecule has 2 rings (SSSR count). The van der Waals surface area contributed by atoms with Crippen LogP contribution in [0.3, 0.4) is 0 Å². The van der Waals surface area contributed by atoms with Gasteiger partial charge >= 0.3 is 5.97 Å². The van der Waals surface area contributed by atoms with Crippen molar-refractivity contribution in [3.05, 3.63) is 23.8 Å². The maximum atomic E-state index is 12.9. The van der Waals surface area contributed by atoms with Crippen molar-refractivity contribution in [2.24, 2.45) is 5.92 Å². The molecule has 6 nitrogen and oxygen atoms in total. The number of amides is 1. The summed E-state index contributed by atoms with van der Waals surface area (Å²) in [5.74, 6) is -0.0873. The van der Waals surface area contributed by atoms with E-state index in [1.165, 1.54) is 19.1 Å². The van der Waals surface area contributed by atoms with Crippen LogP contribution in [0.25, 0.3) is 0 Å². The second-order valence-corrected chi connectivity index (χ2v) is 6.50. The Morgan fingerprint density at radius 2 is 2.20 bits per heavy atom. The highest BCUT2D eigenvalue weighted by atomic mass is 16.5. The van der Waals surface area contributed by atoms with Gasteiger partial charge in [-0.05, 0) is 50.3 Å². The van der Waals surface area contributed by atoms with E-state index in [2.05, 4.69) is 12.2 Å². The molecule has 2 atom stereocenters. The molecule has 1 N–H and O–H groups in total. The molecule has 0 aromatic heterocycles. The van der Waals surface area contributed by atoms with Crippen LogP contribution in [0.2, 0.25) is 0 Å². The maximum Gasteiger partial charge on any atom is 0.308 e. The van der Waals surface area contributed by atoms with Crippen LogP contribution >= 0.6 is 0 Å². The molecule has 1 aliphatic rings.